The van der Waals surface area contributed by atoms with Crippen LogP contribution in [0, 0.1) is 5.82 Å². The highest BCUT2D eigenvalue weighted by Crippen LogP contribution is 2.32. The summed E-state index contributed by atoms with van der Waals surface area (Å²) in [7, 11) is -0.146. The predicted molar refractivity (Wildman–Crippen MR) is 181 cm³/mol. The summed E-state index contributed by atoms with van der Waals surface area (Å²) < 4.78 is 17.3. The van der Waals surface area contributed by atoms with E-state index in [4.69, 9.17) is 0 Å². The van der Waals surface area contributed by atoms with Crippen LogP contribution >= 0.6 is 11.3 Å². The highest BCUT2D eigenvalue weighted by Gasteiger charge is 2.37. The van der Waals surface area contributed by atoms with Gasteiger partial charge in [0.1, 0.15) is 17.6 Å². The average Bonchev–Trinajstić information content (AvgIpc) is 3.80. The Hall–Kier alpha value is -3.88. The lowest BCUT2D eigenvalue weighted by Crippen LogP contribution is -2.55. The van der Waals surface area contributed by atoms with Crippen molar-refractivity contribution in [1.29, 1.82) is 0 Å². The maximum Gasteiger partial charge on any atom is 0.284 e. The predicted octanol–water partition coefficient (Wildman–Crippen LogP) is 4.65. The fourth-order valence-electron chi connectivity index (χ4n) is 6.24. The molecule has 1 radical (unpaired) electrons. The number of likely N-dealkylation sites (N-methyl/N-ethyl adjacent to an activating group) is 1. The summed E-state index contributed by atoms with van der Waals surface area (Å²) in [6, 6.07) is 8.66. The van der Waals surface area contributed by atoms with Gasteiger partial charge in [-0.05, 0) is 54.7 Å². The molecule has 251 valence electrons. The molecule has 4 amide bonds. The second-order valence-electron chi connectivity index (χ2n) is 12.3. The molecule has 47 heavy (non-hydrogen) atoms. The van der Waals surface area contributed by atoms with E-state index in [0.717, 1.165) is 45.2 Å². The third-order valence-corrected chi connectivity index (χ3v) is 12.5. The number of thiophene rings is 1. The van der Waals surface area contributed by atoms with Gasteiger partial charge < -0.3 is 25.4 Å². The van der Waals surface area contributed by atoms with Crippen molar-refractivity contribution in [2.75, 3.05) is 38.5 Å². The second-order valence-corrected chi connectivity index (χ2v) is 15.6. The summed E-state index contributed by atoms with van der Waals surface area (Å²) in [5.41, 5.74) is 0.533. The fraction of sp³-hybridized carbons (Fsp3) is 0.485. The highest BCUT2D eigenvalue weighted by atomic mass is 32.1. The number of hydrogen-bond donors (Lipinski definition) is 3. The van der Waals surface area contributed by atoms with Crippen LogP contribution in [0.3, 0.4) is 0 Å². The number of nitrogens with zero attached hydrogens (tertiary/aromatic N) is 4. The Labute approximate surface area is 280 Å². The zero-order chi connectivity index (χ0) is 33.5. The minimum atomic E-state index is -2.14. The van der Waals surface area contributed by atoms with Crippen LogP contribution in [0.5, 0.6) is 0 Å². The van der Waals surface area contributed by atoms with Gasteiger partial charge in [-0.25, -0.2) is 4.39 Å². The molecule has 3 heterocycles. The van der Waals surface area contributed by atoms with Crippen LogP contribution in [-0.2, 0) is 11.3 Å². The summed E-state index contributed by atoms with van der Waals surface area (Å²) in [6.45, 7) is 6.72. The van der Waals surface area contributed by atoms with E-state index < -0.39 is 26.7 Å². The van der Waals surface area contributed by atoms with Crippen LogP contribution in [0.1, 0.15) is 77.6 Å². The van der Waals surface area contributed by atoms with Gasteiger partial charge in [0.05, 0.1) is 10.6 Å². The van der Waals surface area contributed by atoms with Crippen LogP contribution in [0.25, 0.3) is 0 Å². The monoisotopic (exact) mass is 680 g/mol. The first-order chi connectivity index (χ1) is 22.7. The van der Waals surface area contributed by atoms with Crippen molar-refractivity contribution in [2.45, 2.75) is 70.0 Å². The molecule has 2 fully saturated rings. The van der Waals surface area contributed by atoms with E-state index in [1.54, 1.807) is 52.3 Å². The van der Waals surface area contributed by atoms with E-state index in [0.29, 0.717) is 35.8 Å². The first kappa shape index (κ1) is 34.5. The number of piperazine rings is 1. The zero-order valence-electron chi connectivity index (χ0n) is 27.1. The minimum Gasteiger partial charge on any atom is -0.368 e. The van der Waals surface area contributed by atoms with E-state index in [-0.39, 0.29) is 34.5 Å². The van der Waals surface area contributed by atoms with Crippen molar-refractivity contribution in [3.8, 4) is 0 Å². The first-order valence-electron chi connectivity index (χ1n) is 16.3. The molecule has 11 nitrogen and oxygen atoms in total. The van der Waals surface area contributed by atoms with Crippen LogP contribution in [0.2, 0.25) is 5.54 Å². The van der Waals surface area contributed by atoms with Crippen molar-refractivity contribution >= 4 is 49.2 Å². The summed E-state index contributed by atoms with van der Waals surface area (Å²) in [4.78, 5) is 61.2. The molecule has 0 bridgehead atoms. The lowest BCUT2D eigenvalue weighted by molar-refractivity contribution is -0.135. The number of aryl methyl sites for hydroxylation is 1. The largest absolute Gasteiger partial charge is 0.368 e. The number of anilines is 1. The molecule has 0 spiro atoms. The van der Waals surface area contributed by atoms with E-state index in [2.05, 4.69) is 25.6 Å². The molecule has 1 aromatic carbocycles. The lowest BCUT2D eigenvalue weighted by Gasteiger charge is -2.36. The molecule has 5 rings (SSSR count). The molecule has 2 aliphatic rings. The molecular weight excluding hydrogens is 638 g/mol. The van der Waals surface area contributed by atoms with Crippen molar-refractivity contribution in [3.05, 3.63) is 69.9 Å². The number of benzene rings is 1. The van der Waals surface area contributed by atoms with Crippen molar-refractivity contribution in [1.82, 2.24) is 29.9 Å². The van der Waals surface area contributed by atoms with Gasteiger partial charge in [-0.3, -0.25) is 23.9 Å². The van der Waals surface area contributed by atoms with Crippen molar-refractivity contribution < 1.29 is 23.6 Å². The van der Waals surface area contributed by atoms with E-state index in [9.17, 15) is 19.2 Å². The van der Waals surface area contributed by atoms with Gasteiger partial charge in [-0.1, -0.05) is 51.2 Å². The minimum absolute atomic E-state index is 0.00155. The average molecular weight is 681 g/mol. The fourth-order valence-corrected chi connectivity index (χ4v) is 9.18. The van der Waals surface area contributed by atoms with E-state index >= 15 is 4.39 Å². The lowest BCUT2D eigenvalue weighted by atomic mass is 9.91. The van der Waals surface area contributed by atoms with Crippen LogP contribution in [-0.4, -0.2) is 91.1 Å². The van der Waals surface area contributed by atoms with E-state index in [1.807, 2.05) is 14.0 Å². The molecule has 1 saturated carbocycles. The Balaban J connectivity index is 1.33. The summed E-state index contributed by atoms with van der Waals surface area (Å²) in [6.07, 6.45) is 6.26. The second kappa shape index (κ2) is 15.8. The Kier molecular flexibility index (Phi) is 11.6. The number of carbonyl (C=O) groups is 4. The summed E-state index contributed by atoms with van der Waals surface area (Å²) >= 11 is 1.28. The van der Waals surface area contributed by atoms with Crippen LogP contribution in [0.4, 0.5) is 14.9 Å². The third kappa shape index (κ3) is 8.35. The quantitative estimate of drug-likeness (QED) is 0.253. The molecular formula is C33H43FN7O4SSi. The SMILES string of the molecule is CCn1nccc1C(=O)N[Si](C(=O)Nc1ccc([C@H](C)[C@@H](NC(=O)c2cccs2)C(=O)N2CCN(C)CC2)cc1F)C1CCCCC1. The number of nitrogens with one attached hydrogen (secondary N) is 3. The van der Waals surface area contributed by atoms with E-state index in [1.165, 1.54) is 23.5 Å². The Bertz CT molecular complexity index is 1550. The summed E-state index contributed by atoms with van der Waals surface area (Å²) in [5.74, 6) is -2.14. The third-order valence-electron chi connectivity index (χ3n) is 9.13. The zero-order valence-corrected chi connectivity index (χ0v) is 28.9. The first-order valence-corrected chi connectivity index (χ1v) is 18.7. The van der Waals surface area contributed by atoms with Gasteiger partial charge in [-0.2, -0.15) is 5.10 Å². The van der Waals surface area contributed by atoms with Crippen molar-refractivity contribution in [2.24, 2.45) is 0 Å². The molecule has 14 heteroatoms. The number of aromatic nitrogens is 2. The molecule has 1 aliphatic carbocycles. The normalized spacial score (nSPS) is 17.3. The maximum absolute atomic E-state index is 15.7. The molecule has 2 atom stereocenters. The molecule has 1 aliphatic heterocycles. The standard InChI is InChI=1S/C33H43FN7O4SSi/c1-4-41-27(14-15-35-41)30(42)38-47(24-9-6-5-7-10-24)33(45)36-26-13-12-23(21-25(26)34)22(2)29(37-31(43)28-11-8-20-46-28)32(44)40-18-16-39(3)17-19-40/h8,11-15,20-22,24,29H,4-7,9-10,16-19H2,1-3H3,(H,36,45)(H,37,43)(H,38,42)/t22-,29+/m0/s1. The molecule has 0 unspecified atom stereocenters. The van der Waals surface area contributed by atoms with Crippen molar-refractivity contribution in [3.63, 3.8) is 0 Å². The Morgan fingerprint density at radius 3 is 2.45 bits per heavy atom. The smallest absolute Gasteiger partial charge is 0.284 e. The van der Waals surface area contributed by atoms with Gasteiger partial charge in [-0.15, -0.1) is 11.3 Å². The number of hydrogen-bond acceptors (Lipinski definition) is 7. The highest BCUT2D eigenvalue weighted by molar-refractivity contribution is 7.12. The number of amides is 4. The Morgan fingerprint density at radius 1 is 1.04 bits per heavy atom. The molecule has 1 saturated heterocycles. The Morgan fingerprint density at radius 2 is 1.79 bits per heavy atom. The molecule has 2 aromatic heterocycles. The number of carbonyl (C=O) groups excluding carboxylic acids is 4. The van der Waals surface area contributed by atoms with Gasteiger partial charge >= 0.3 is 0 Å². The van der Waals surface area contributed by atoms with Crippen LogP contribution < -0.4 is 15.6 Å². The van der Waals surface area contributed by atoms with Gasteiger partial charge in [0, 0.05) is 44.8 Å². The number of rotatable bonds is 11. The number of halogens is 1. The van der Waals surface area contributed by atoms with Crippen LogP contribution in [0.15, 0.2) is 48.0 Å². The molecule has 3 aromatic rings. The topological polar surface area (TPSA) is 129 Å². The molecule has 3 N–H and O–H groups in total. The van der Waals surface area contributed by atoms with Gasteiger partial charge in [0.25, 0.3) is 20.8 Å². The maximum atomic E-state index is 15.7. The summed E-state index contributed by atoms with van der Waals surface area (Å²) in [5, 5.41) is 11.6. The van der Waals surface area contributed by atoms with Gasteiger partial charge in [0.2, 0.25) is 11.4 Å². The van der Waals surface area contributed by atoms with Gasteiger partial charge in [0.15, 0.2) is 0 Å².